The van der Waals surface area contributed by atoms with E-state index in [2.05, 4.69) is 20.0 Å². The summed E-state index contributed by atoms with van der Waals surface area (Å²) in [6.07, 6.45) is 2.01. The first-order chi connectivity index (χ1) is 9.82. The highest BCUT2D eigenvalue weighted by atomic mass is 32.2. The Bertz CT molecular complexity index is 781. The normalized spacial score (nSPS) is 11.2. The molecule has 9 heteroatoms. The maximum absolute atomic E-state index is 13.9. The zero-order chi connectivity index (χ0) is 15.6. The van der Waals surface area contributed by atoms with Crippen LogP contribution in [0.1, 0.15) is 0 Å². The Labute approximate surface area is 119 Å². The number of ether oxygens (including phenoxy) is 1. The first-order valence-electron chi connectivity index (χ1n) is 5.64. The number of halogens is 2. The summed E-state index contributed by atoms with van der Waals surface area (Å²) in [6, 6.07) is 3.23. The van der Waals surface area contributed by atoms with Crippen molar-refractivity contribution in [2.45, 2.75) is 4.90 Å². The van der Waals surface area contributed by atoms with Crippen LogP contribution in [0, 0.1) is 11.6 Å². The lowest BCUT2D eigenvalue weighted by atomic mass is 10.3. The Balaban J connectivity index is 2.37. The SMILES string of the molecule is COc1ncnc(Nc2ccc(S(C)(=O)=O)cc2F)c1F. The van der Waals surface area contributed by atoms with Crippen molar-refractivity contribution in [2.24, 2.45) is 0 Å². The second-order valence-corrected chi connectivity index (χ2v) is 6.10. The largest absolute Gasteiger partial charge is 0.479 e. The third kappa shape index (κ3) is 3.24. The van der Waals surface area contributed by atoms with Crippen molar-refractivity contribution in [2.75, 3.05) is 18.7 Å². The lowest BCUT2D eigenvalue weighted by molar-refractivity contribution is 0.368. The molecule has 6 nitrogen and oxygen atoms in total. The van der Waals surface area contributed by atoms with Gasteiger partial charge in [0.2, 0.25) is 5.82 Å². The van der Waals surface area contributed by atoms with Gasteiger partial charge in [-0.25, -0.2) is 17.8 Å². The number of hydrogen-bond donors (Lipinski definition) is 1. The molecule has 0 atom stereocenters. The molecule has 0 saturated heterocycles. The van der Waals surface area contributed by atoms with Crippen molar-refractivity contribution in [3.63, 3.8) is 0 Å². The third-order valence-corrected chi connectivity index (χ3v) is 3.68. The van der Waals surface area contributed by atoms with Crippen molar-refractivity contribution in [3.8, 4) is 5.88 Å². The van der Waals surface area contributed by atoms with Crippen LogP contribution in [0.2, 0.25) is 0 Å². The summed E-state index contributed by atoms with van der Waals surface area (Å²) in [5, 5.41) is 2.42. The molecular formula is C12H11F2N3O3S. The fraction of sp³-hybridized carbons (Fsp3) is 0.167. The maximum atomic E-state index is 13.9. The van der Waals surface area contributed by atoms with Crippen molar-refractivity contribution in [1.29, 1.82) is 0 Å². The molecule has 0 unspecified atom stereocenters. The summed E-state index contributed by atoms with van der Waals surface area (Å²) < 4.78 is 55.0. The summed E-state index contributed by atoms with van der Waals surface area (Å²) in [4.78, 5) is 7.00. The molecule has 0 spiro atoms. The number of nitrogens with zero attached hydrogens (tertiary/aromatic N) is 2. The van der Waals surface area contributed by atoms with Crippen LogP contribution in [0.25, 0.3) is 0 Å². The summed E-state index contributed by atoms with van der Waals surface area (Å²) in [5.74, 6) is -2.31. The summed E-state index contributed by atoms with van der Waals surface area (Å²) in [6.45, 7) is 0. The maximum Gasteiger partial charge on any atom is 0.255 e. The Hall–Kier alpha value is -2.29. The minimum Gasteiger partial charge on any atom is -0.479 e. The molecule has 0 saturated carbocycles. The fourth-order valence-corrected chi connectivity index (χ4v) is 2.17. The Kier molecular flexibility index (Phi) is 4.03. The highest BCUT2D eigenvalue weighted by molar-refractivity contribution is 7.90. The van der Waals surface area contributed by atoms with Crippen molar-refractivity contribution >= 4 is 21.3 Å². The van der Waals surface area contributed by atoms with Crippen LogP contribution in [0.4, 0.5) is 20.3 Å². The second kappa shape index (κ2) is 5.60. The van der Waals surface area contributed by atoms with Crippen LogP contribution in [0.5, 0.6) is 5.88 Å². The molecule has 21 heavy (non-hydrogen) atoms. The van der Waals surface area contributed by atoms with Gasteiger partial charge in [0.1, 0.15) is 12.1 Å². The molecule has 0 fully saturated rings. The van der Waals surface area contributed by atoms with Gasteiger partial charge < -0.3 is 10.1 Å². The van der Waals surface area contributed by atoms with E-state index < -0.39 is 21.5 Å². The Morgan fingerprint density at radius 1 is 1.24 bits per heavy atom. The number of sulfone groups is 1. The van der Waals surface area contributed by atoms with E-state index in [0.717, 1.165) is 18.6 Å². The molecule has 0 aliphatic carbocycles. The monoisotopic (exact) mass is 315 g/mol. The van der Waals surface area contributed by atoms with E-state index in [-0.39, 0.29) is 22.3 Å². The summed E-state index contributed by atoms with van der Waals surface area (Å²) >= 11 is 0. The summed E-state index contributed by atoms with van der Waals surface area (Å²) in [7, 11) is -2.29. The van der Waals surface area contributed by atoms with E-state index in [1.165, 1.54) is 19.2 Å². The predicted octanol–water partition coefficient (Wildman–Crippen LogP) is 1.91. The molecule has 1 N–H and O–H groups in total. The van der Waals surface area contributed by atoms with Gasteiger partial charge in [0, 0.05) is 6.26 Å². The lowest BCUT2D eigenvalue weighted by Crippen LogP contribution is -2.04. The smallest absolute Gasteiger partial charge is 0.255 e. The summed E-state index contributed by atoms with van der Waals surface area (Å²) in [5.41, 5.74) is -0.123. The molecule has 2 rings (SSSR count). The highest BCUT2D eigenvalue weighted by Crippen LogP contribution is 2.25. The lowest BCUT2D eigenvalue weighted by Gasteiger charge is -2.09. The molecule has 1 heterocycles. The van der Waals surface area contributed by atoms with E-state index in [1.54, 1.807) is 0 Å². The van der Waals surface area contributed by atoms with Crippen LogP contribution in [-0.2, 0) is 9.84 Å². The number of hydrogen-bond acceptors (Lipinski definition) is 6. The van der Waals surface area contributed by atoms with Gasteiger partial charge in [0.25, 0.3) is 5.88 Å². The first-order valence-corrected chi connectivity index (χ1v) is 7.53. The van der Waals surface area contributed by atoms with Crippen LogP contribution in [-0.4, -0.2) is 31.8 Å². The fourth-order valence-electron chi connectivity index (χ4n) is 1.54. The van der Waals surface area contributed by atoms with E-state index in [4.69, 9.17) is 0 Å². The molecule has 1 aromatic carbocycles. The van der Waals surface area contributed by atoms with Crippen LogP contribution in [0.3, 0.4) is 0 Å². The Morgan fingerprint density at radius 3 is 2.52 bits per heavy atom. The molecule has 0 amide bonds. The van der Waals surface area contributed by atoms with Crippen molar-refractivity contribution in [1.82, 2.24) is 9.97 Å². The average molecular weight is 315 g/mol. The van der Waals surface area contributed by atoms with Crippen LogP contribution >= 0.6 is 0 Å². The van der Waals surface area contributed by atoms with Gasteiger partial charge in [0.15, 0.2) is 15.7 Å². The average Bonchev–Trinajstić information content (AvgIpc) is 2.42. The van der Waals surface area contributed by atoms with E-state index >= 15 is 0 Å². The molecule has 0 radical (unpaired) electrons. The van der Waals surface area contributed by atoms with Gasteiger partial charge in [0.05, 0.1) is 17.7 Å². The van der Waals surface area contributed by atoms with Crippen molar-refractivity contribution in [3.05, 3.63) is 36.2 Å². The van der Waals surface area contributed by atoms with E-state index in [9.17, 15) is 17.2 Å². The minimum absolute atomic E-state index is 0.123. The second-order valence-electron chi connectivity index (χ2n) is 4.08. The zero-order valence-corrected chi connectivity index (χ0v) is 11.9. The van der Waals surface area contributed by atoms with Crippen LogP contribution in [0.15, 0.2) is 29.4 Å². The van der Waals surface area contributed by atoms with Gasteiger partial charge in [-0.3, -0.25) is 0 Å². The van der Waals surface area contributed by atoms with Crippen molar-refractivity contribution < 1.29 is 21.9 Å². The molecule has 2 aromatic rings. The predicted molar refractivity (Wildman–Crippen MR) is 71.3 cm³/mol. The number of benzene rings is 1. The van der Waals surface area contributed by atoms with Gasteiger partial charge in [-0.2, -0.15) is 9.37 Å². The number of anilines is 2. The topological polar surface area (TPSA) is 81.2 Å². The van der Waals surface area contributed by atoms with Gasteiger partial charge in [-0.1, -0.05) is 0 Å². The standard InChI is InChI=1S/C12H11F2N3O3S/c1-20-12-10(14)11(15-6-16-12)17-9-4-3-7(5-8(9)13)21(2,18)19/h3-6H,1-2H3,(H,15,16,17). The van der Waals surface area contributed by atoms with Gasteiger partial charge >= 0.3 is 0 Å². The zero-order valence-electron chi connectivity index (χ0n) is 11.1. The molecule has 0 aliphatic heterocycles. The number of aromatic nitrogens is 2. The molecular weight excluding hydrogens is 304 g/mol. The Morgan fingerprint density at radius 2 is 1.95 bits per heavy atom. The number of rotatable bonds is 4. The molecule has 1 aromatic heterocycles. The molecule has 112 valence electrons. The number of methoxy groups -OCH3 is 1. The minimum atomic E-state index is -3.52. The first kappa shape index (κ1) is 15.1. The van der Waals surface area contributed by atoms with E-state index in [0.29, 0.717) is 0 Å². The quantitative estimate of drug-likeness (QED) is 0.928. The molecule has 0 bridgehead atoms. The van der Waals surface area contributed by atoms with Gasteiger partial charge in [-0.15, -0.1) is 0 Å². The highest BCUT2D eigenvalue weighted by Gasteiger charge is 2.15. The van der Waals surface area contributed by atoms with Gasteiger partial charge in [-0.05, 0) is 18.2 Å². The van der Waals surface area contributed by atoms with Crippen LogP contribution < -0.4 is 10.1 Å². The third-order valence-electron chi connectivity index (χ3n) is 2.57. The number of nitrogens with one attached hydrogen (secondary N) is 1. The van der Waals surface area contributed by atoms with E-state index in [1.807, 2.05) is 0 Å². The molecule has 0 aliphatic rings.